The number of hydrogen-bond acceptors (Lipinski definition) is 7. The molecule has 0 spiro atoms. The lowest BCUT2D eigenvalue weighted by Gasteiger charge is -2.18. The number of benzene rings is 1. The van der Waals surface area contributed by atoms with Crippen molar-refractivity contribution in [3.05, 3.63) is 35.5 Å². The number of aliphatic hydroxyl groups excluding tert-OH is 2. The molecule has 8 heteroatoms. The Kier molecular flexibility index (Phi) is 6.37. The molecule has 0 aliphatic carbocycles. The van der Waals surface area contributed by atoms with Crippen LogP contribution in [0.2, 0.25) is 0 Å². The summed E-state index contributed by atoms with van der Waals surface area (Å²) in [5.41, 5.74) is 1.97. The van der Waals surface area contributed by atoms with Crippen LogP contribution in [-0.4, -0.2) is 74.0 Å². The fourth-order valence-electron chi connectivity index (χ4n) is 2.57. The molecule has 8 nitrogen and oxygen atoms in total. The van der Waals surface area contributed by atoms with Crippen LogP contribution in [0.4, 0.5) is 11.4 Å². The molecule has 0 radical (unpaired) electrons. The van der Waals surface area contributed by atoms with Gasteiger partial charge in [0.05, 0.1) is 32.4 Å². The van der Waals surface area contributed by atoms with Crippen LogP contribution in [0, 0.1) is 0 Å². The monoisotopic (exact) mass is 349 g/mol. The maximum Gasteiger partial charge on any atom is 0.337 e. The lowest BCUT2D eigenvalue weighted by atomic mass is 10.2. The normalized spacial score (nSPS) is 14.1. The summed E-state index contributed by atoms with van der Waals surface area (Å²) >= 11 is 0. The molecule has 1 aromatic carbocycles. The highest BCUT2D eigenvalue weighted by molar-refractivity contribution is 6.08. The minimum absolute atomic E-state index is 0.0566. The summed E-state index contributed by atoms with van der Waals surface area (Å²) in [5, 5.41) is 21.0. The number of anilines is 2. The van der Waals surface area contributed by atoms with Gasteiger partial charge in [-0.3, -0.25) is 4.79 Å². The summed E-state index contributed by atoms with van der Waals surface area (Å²) in [6.45, 7) is 0.639. The van der Waals surface area contributed by atoms with Gasteiger partial charge < -0.3 is 30.1 Å². The Balaban J connectivity index is 2.20. The summed E-state index contributed by atoms with van der Waals surface area (Å²) in [7, 11) is 3.13. The summed E-state index contributed by atoms with van der Waals surface area (Å²) in [5.74, 6) is -0.925. The number of carbonyl (C=O) groups is 2. The van der Waals surface area contributed by atoms with Gasteiger partial charge in [-0.15, -0.1) is 0 Å². The number of hydrogen-bond donors (Lipinski definition) is 3. The van der Waals surface area contributed by atoms with E-state index >= 15 is 0 Å². The molecule has 1 aromatic rings. The van der Waals surface area contributed by atoms with Crippen molar-refractivity contribution in [1.82, 2.24) is 4.90 Å². The van der Waals surface area contributed by atoms with Crippen LogP contribution in [0.25, 0.3) is 0 Å². The lowest BCUT2D eigenvalue weighted by Crippen LogP contribution is -2.31. The molecular formula is C17H23N3O5. The fraction of sp³-hybridized carbons (Fsp3) is 0.412. The van der Waals surface area contributed by atoms with Crippen molar-refractivity contribution in [2.45, 2.75) is 0 Å². The van der Waals surface area contributed by atoms with Crippen molar-refractivity contribution in [3.63, 3.8) is 0 Å². The maximum atomic E-state index is 12.4. The molecular weight excluding hydrogens is 326 g/mol. The molecule has 0 atom stereocenters. The number of ether oxygens (including phenoxy) is 1. The molecule has 0 unspecified atom stereocenters. The van der Waals surface area contributed by atoms with Crippen molar-refractivity contribution in [1.29, 1.82) is 0 Å². The van der Waals surface area contributed by atoms with E-state index in [1.54, 1.807) is 12.1 Å². The largest absolute Gasteiger partial charge is 0.466 e. The van der Waals surface area contributed by atoms with Gasteiger partial charge in [-0.25, -0.2) is 4.79 Å². The van der Waals surface area contributed by atoms with E-state index in [4.69, 9.17) is 14.9 Å². The highest BCUT2D eigenvalue weighted by Crippen LogP contribution is 2.24. The topological polar surface area (TPSA) is 102 Å². The number of esters is 1. The first-order chi connectivity index (χ1) is 12.0. The van der Waals surface area contributed by atoms with Crippen LogP contribution in [0.1, 0.15) is 0 Å². The number of nitrogens with zero attached hydrogens (tertiary/aromatic N) is 2. The van der Waals surface area contributed by atoms with Gasteiger partial charge in [0.2, 0.25) is 0 Å². The highest BCUT2D eigenvalue weighted by Gasteiger charge is 2.34. The zero-order chi connectivity index (χ0) is 18.4. The third kappa shape index (κ3) is 4.28. The molecule has 0 aromatic heterocycles. The van der Waals surface area contributed by atoms with Crippen LogP contribution in [0.5, 0.6) is 0 Å². The molecule has 3 N–H and O–H groups in total. The first-order valence-corrected chi connectivity index (χ1v) is 7.92. The Morgan fingerprint density at radius 2 is 1.96 bits per heavy atom. The predicted octanol–water partition coefficient (Wildman–Crippen LogP) is -0.211. The van der Waals surface area contributed by atoms with Gasteiger partial charge >= 0.3 is 5.97 Å². The maximum absolute atomic E-state index is 12.4. The van der Waals surface area contributed by atoms with Crippen molar-refractivity contribution < 1.29 is 24.5 Å². The van der Waals surface area contributed by atoms with E-state index in [2.05, 4.69) is 5.32 Å². The Labute approximate surface area is 146 Å². The molecule has 1 heterocycles. The second-order valence-electron chi connectivity index (χ2n) is 5.61. The zero-order valence-corrected chi connectivity index (χ0v) is 14.4. The smallest absolute Gasteiger partial charge is 0.337 e. The van der Waals surface area contributed by atoms with Gasteiger partial charge in [-0.1, -0.05) is 0 Å². The van der Waals surface area contributed by atoms with Gasteiger partial charge in [0.15, 0.2) is 0 Å². The molecule has 0 bridgehead atoms. The molecule has 1 aliphatic rings. The molecule has 25 heavy (non-hydrogen) atoms. The number of β-amino-alcohol motifs (C(OH)–C–C–N with tert-alkyl or cyclic N) is 1. The van der Waals surface area contributed by atoms with Gasteiger partial charge in [0.1, 0.15) is 5.70 Å². The van der Waals surface area contributed by atoms with E-state index in [0.717, 1.165) is 5.69 Å². The molecule has 136 valence electrons. The third-order valence-corrected chi connectivity index (χ3v) is 3.97. The quantitative estimate of drug-likeness (QED) is 0.558. The molecule has 0 fully saturated rings. The zero-order valence-electron chi connectivity index (χ0n) is 14.4. The van der Waals surface area contributed by atoms with Crippen LogP contribution in [0.15, 0.2) is 35.5 Å². The highest BCUT2D eigenvalue weighted by atomic mass is 16.5. The van der Waals surface area contributed by atoms with E-state index in [-0.39, 0.29) is 43.5 Å². The number of rotatable bonds is 8. The fourth-order valence-corrected chi connectivity index (χ4v) is 2.57. The minimum Gasteiger partial charge on any atom is -0.466 e. The predicted molar refractivity (Wildman–Crippen MR) is 93.1 cm³/mol. The average Bonchev–Trinajstić information content (AvgIpc) is 2.92. The Morgan fingerprint density at radius 1 is 1.28 bits per heavy atom. The Hall–Kier alpha value is -2.58. The Morgan fingerprint density at radius 3 is 2.52 bits per heavy atom. The van der Waals surface area contributed by atoms with Gasteiger partial charge in [-0.05, 0) is 24.3 Å². The number of amides is 1. The summed E-state index contributed by atoms with van der Waals surface area (Å²) in [4.78, 5) is 27.7. The summed E-state index contributed by atoms with van der Waals surface area (Å²) in [6, 6.07) is 7.27. The number of aliphatic hydroxyl groups is 2. The number of nitrogens with one attached hydrogen (secondary N) is 1. The summed E-state index contributed by atoms with van der Waals surface area (Å²) < 4.78 is 4.75. The van der Waals surface area contributed by atoms with Crippen LogP contribution in [0.3, 0.4) is 0 Å². The van der Waals surface area contributed by atoms with Crippen molar-refractivity contribution in [3.8, 4) is 0 Å². The first-order valence-electron chi connectivity index (χ1n) is 7.92. The van der Waals surface area contributed by atoms with E-state index in [9.17, 15) is 9.59 Å². The molecule has 0 saturated carbocycles. The molecule has 1 amide bonds. The average molecular weight is 349 g/mol. The number of methoxy groups -OCH3 is 1. The standard InChI is InChI=1S/C17H23N3O5/c1-19(7-9-21)13-5-3-12(4-6-13)18-15-14(17(24)25-2)11-20(8-10-22)16(15)23/h3-6,18,21-22H,7-11H2,1-2H3. The molecule has 1 aliphatic heterocycles. The summed E-state index contributed by atoms with van der Waals surface area (Å²) in [6.07, 6.45) is 0. The Bertz CT molecular complexity index is 657. The first kappa shape index (κ1) is 18.8. The molecule has 2 rings (SSSR count). The van der Waals surface area contributed by atoms with E-state index in [1.165, 1.54) is 12.0 Å². The van der Waals surface area contributed by atoms with E-state index in [1.807, 2.05) is 24.1 Å². The van der Waals surface area contributed by atoms with E-state index < -0.39 is 5.97 Å². The van der Waals surface area contributed by atoms with Crippen LogP contribution < -0.4 is 10.2 Å². The third-order valence-electron chi connectivity index (χ3n) is 3.97. The van der Waals surface area contributed by atoms with Crippen molar-refractivity contribution in [2.24, 2.45) is 0 Å². The SMILES string of the molecule is COC(=O)C1=C(Nc2ccc(N(C)CCO)cc2)C(=O)N(CCO)C1. The van der Waals surface area contributed by atoms with Gasteiger partial charge in [0.25, 0.3) is 5.91 Å². The molecule has 0 saturated heterocycles. The van der Waals surface area contributed by atoms with Crippen molar-refractivity contribution in [2.75, 3.05) is 57.2 Å². The van der Waals surface area contributed by atoms with Crippen LogP contribution >= 0.6 is 0 Å². The minimum atomic E-state index is -0.574. The number of likely N-dealkylation sites (N-methyl/N-ethyl adjacent to an activating group) is 1. The van der Waals surface area contributed by atoms with E-state index in [0.29, 0.717) is 12.2 Å². The van der Waals surface area contributed by atoms with Crippen molar-refractivity contribution >= 4 is 23.3 Å². The second-order valence-corrected chi connectivity index (χ2v) is 5.61. The van der Waals surface area contributed by atoms with Gasteiger partial charge in [-0.2, -0.15) is 0 Å². The van der Waals surface area contributed by atoms with Gasteiger partial charge in [0, 0.05) is 31.5 Å². The number of carbonyl (C=O) groups excluding carboxylic acids is 2. The second kappa shape index (κ2) is 8.50. The van der Waals surface area contributed by atoms with Crippen LogP contribution in [-0.2, 0) is 14.3 Å². The lowest BCUT2D eigenvalue weighted by molar-refractivity contribution is -0.136.